The number of amides is 1. The fraction of sp³-hybridized carbons (Fsp3) is 0.444. The second-order valence-electron chi connectivity index (χ2n) is 7.27. The van der Waals surface area contributed by atoms with Crippen molar-refractivity contribution in [3.8, 4) is 0 Å². The largest absolute Gasteiger partial charge is 0.543 e. The second kappa shape index (κ2) is 8.26. The van der Waals surface area contributed by atoms with Gasteiger partial charge in [0.2, 0.25) is 5.16 Å². The van der Waals surface area contributed by atoms with E-state index in [4.69, 9.17) is 0 Å². The summed E-state index contributed by atoms with van der Waals surface area (Å²) in [5.41, 5.74) is 1.42. The van der Waals surface area contributed by atoms with Crippen LogP contribution in [0, 0.1) is 0 Å². The number of aryl methyl sites for hydroxylation is 1. The SMILES string of the molecule is CC(C)[n+]1ccc(N[C@@H]2C(=O)N3C(C(=O)[O-])=C(CSc4nnnn4C)CS[C@H]23)cc1. The van der Waals surface area contributed by atoms with E-state index in [-0.39, 0.29) is 17.0 Å². The molecule has 10 nitrogen and oxygen atoms in total. The predicted octanol–water partition coefficient (Wildman–Crippen LogP) is -0.430. The first-order valence-corrected chi connectivity index (χ1v) is 11.4. The summed E-state index contributed by atoms with van der Waals surface area (Å²) in [5, 5.41) is 26.6. The van der Waals surface area contributed by atoms with Crippen LogP contribution in [0.15, 0.2) is 41.0 Å². The van der Waals surface area contributed by atoms with E-state index in [1.54, 1.807) is 7.05 Å². The van der Waals surface area contributed by atoms with E-state index in [2.05, 4.69) is 39.3 Å². The van der Waals surface area contributed by atoms with Crippen LogP contribution in [0.1, 0.15) is 19.9 Å². The molecule has 2 atom stereocenters. The number of aromatic nitrogens is 5. The third-order valence-electron chi connectivity index (χ3n) is 4.97. The van der Waals surface area contributed by atoms with Gasteiger partial charge >= 0.3 is 0 Å². The summed E-state index contributed by atoms with van der Waals surface area (Å²) in [6.07, 6.45) is 3.90. The van der Waals surface area contributed by atoms with Gasteiger partial charge in [0.25, 0.3) is 5.91 Å². The predicted molar refractivity (Wildman–Crippen MR) is 109 cm³/mol. The minimum absolute atomic E-state index is 0.0323. The third-order valence-corrected chi connectivity index (χ3v) is 7.40. The Balaban J connectivity index is 1.48. The minimum atomic E-state index is -1.34. The lowest BCUT2D eigenvalue weighted by molar-refractivity contribution is -0.716. The fourth-order valence-electron chi connectivity index (χ4n) is 3.34. The number of tetrazole rings is 1. The molecule has 158 valence electrons. The molecule has 30 heavy (non-hydrogen) atoms. The summed E-state index contributed by atoms with van der Waals surface area (Å²) in [7, 11) is 1.71. The highest BCUT2D eigenvalue weighted by atomic mass is 32.2. The number of rotatable bonds is 7. The van der Waals surface area contributed by atoms with Crippen LogP contribution < -0.4 is 15.0 Å². The van der Waals surface area contributed by atoms with Crippen LogP contribution in [-0.4, -0.2) is 59.9 Å². The van der Waals surface area contributed by atoms with E-state index in [9.17, 15) is 14.7 Å². The van der Waals surface area contributed by atoms with Gasteiger partial charge in [-0.15, -0.1) is 16.9 Å². The van der Waals surface area contributed by atoms with Gasteiger partial charge in [0.1, 0.15) is 11.4 Å². The molecule has 2 aliphatic heterocycles. The van der Waals surface area contributed by atoms with Crippen LogP contribution in [0.5, 0.6) is 0 Å². The standard InChI is InChI=1S/C18H21N7O3S2/c1-10(2)24-6-4-12(5-7-24)19-13-15(26)25-14(17(27)28)11(8-29-16(13)25)9-30-18-20-21-22-23(18)3/h4-7,10,13,16H,8-9H2,1-3H3,(H,27,28)/t13-,16-/m1/s1. The zero-order chi connectivity index (χ0) is 21.4. The van der Waals surface area contributed by atoms with E-state index in [1.165, 1.54) is 33.1 Å². The van der Waals surface area contributed by atoms with Gasteiger partial charge in [0.15, 0.2) is 18.4 Å². The topological polar surface area (TPSA) is 120 Å². The average molecular weight is 448 g/mol. The molecule has 4 rings (SSSR count). The lowest BCUT2D eigenvalue weighted by atomic mass is 10.0. The Labute approximate surface area is 181 Å². The van der Waals surface area contributed by atoms with E-state index < -0.39 is 12.0 Å². The number of aliphatic carboxylic acids is 1. The number of nitrogens with one attached hydrogen (secondary N) is 1. The van der Waals surface area contributed by atoms with E-state index in [0.29, 0.717) is 28.3 Å². The fourth-order valence-corrected chi connectivity index (χ4v) is 5.67. The van der Waals surface area contributed by atoms with Crippen LogP contribution in [0.3, 0.4) is 0 Å². The lowest BCUT2D eigenvalue weighted by Gasteiger charge is -2.51. The molecule has 1 fully saturated rings. The second-order valence-corrected chi connectivity index (χ2v) is 9.32. The van der Waals surface area contributed by atoms with Crippen LogP contribution in [0.25, 0.3) is 0 Å². The van der Waals surface area contributed by atoms with E-state index in [0.717, 1.165) is 5.69 Å². The number of hydrogen-bond donors (Lipinski definition) is 1. The molecular formula is C18H21N7O3S2. The smallest absolute Gasteiger partial charge is 0.253 e. The summed E-state index contributed by atoms with van der Waals surface area (Å²) >= 11 is 2.86. The van der Waals surface area contributed by atoms with Crippen LogP contribution >= 0.6 is 23.5 Å². The Bertz CT molecular complexity index is 1010. The molecule has 0 radical (unpaired) electrons. The maximum Gasteiger partial charge on any atom is 0.253 e. The maximum absolute atomic E-state index is 12.8. The third kappa shape index (κ3) is 3.76. The first-order valence-electron chi connectivity index (χ1n) is 9.37. The van der Waals surface area contributed by atoms with Gasteiger partial charge in [-0.1, -0.05) is 11.8 Å². The van der Waals surface area contributed by atoms with Gasteiger partial charge in [-0.05, 0) is 29.8 Å². The summed E-state index contributed by atoms with van der Waals surface area (Å²) in [6, 6.07) is 3.70. The number of carboxylic acids is 1. The molecule has 1 saturated heterocycles. The van der Waals surface area contributed by atoms with Gasteiger partial charge in [-0.25, -0.2) is 9.25 Å². The van der Waals surface area contributed by atoms with Crippen molar-refractivity contribution in [3.05, 3.63) is 35.8 Å². The molecule has 0 aliphatic carbocycles. The summed E-state index contributed by atoms with van der Waals surface area (Å²) in [4.78, 5) is 26.0. The van der Waals surface area contributed by atoms with Crippen molar-refractivity contribution in [2.24, 2.45) is 7.05 Å². The summed E-state index contributed by atoms with van der Waals surface area (Å²) in [5.74, 6) is -0.741. The maximum atomic E-state index is 12.8. The Hall–Kier alpha value is -2.60. The number of fused-ring (bicyclic) bond motifs is 1. The van der Waals surface area contributed by atoms with Gasteiger partial charge in [-0.3, -0.25) is 9.69 Å². The molecule has 0 spiro atoms. The molecule has 0 bridgehead atoms. The normalized spacial score (nSPS) is 20.9. The molecule has 0 aromatic carbocycles. The van der Waals surface area contributed by atoms with Crippen molar-refractivity contribution < 1.29 is 19.3 Å². The van der Waals surface area contributed by atoms with Gasteiger partial charge in [0.05, 0.1) is 11.7 Å². The zero-order valence-electron chi connectivity index (χ0n) is 16.7. The van der Waals surface area contributed by atoms with E-state index >= 15 is 0 Å². The number of nitrogens with zero attached hydrogens (tertiary/aromatic N) is 6. The van der Waals surface area contributed by atoms with Crippen molar-refractivity contribution >= 4 is 41.1 Å². The zero-order valence-corrected chi connectivity index (χ0v) is 18.3. The van der Waals surface area contributed by atoms with Crippen LogP contribution in [-0.2, 0) is 16.6 Å². The van der Waals surface area contributed by atoms with Gasteiger partial charge in [0, 0.05) is 36.4 Å². The van der Waals surface area contributed by atoms with Gasteiger partial charge < -0.3 is 15.2 Å². The number of thioether (sulfide) groups is 2. The van der Waals surface area contributed by atoms with Crippen molar-refractivity contribution in [2.45, 2.75) is 36.5 Å². The monoisotopic (exact) mass is 447 g/mol. The van der Waals surface area contributed by atoms with Crippen molar-refractivity contribution in [1.29, 1.82) is 0 Å². The number of hydrogen-bond acceptors (Lipinski definition) is 9. The van der Waals surface area contributed by atoms with Crippen LogP contribution in [0.4, 0.5) is 5.69 Å². The first-order chi connectivity index (χ1) is 14.4. The molecule has 2 aliphatic rings. The highest BCUT2D eigenvalue weighted by Crippen LogP contribution is 2.42. The Morgan fingerprint density at radius 3 is 2.77 bits per heavy atom. The quantitative estimate of drug-likeness (QED) is 0.342. The van der Waals surface area contributed by atoms with Gasteiger partial charge in [-0.2, -0.15) is 0 Å². The number of pyridine rings is 1. The molecule has 2 aromatic rings. The van der Waals surface area contributed by atoms with Crippen molar-refractivity contribution in [3.63, 3.8) is 0 Å². The molecule has 4 heterocycles. The molecule has 1 N–H and O–H groups in total. The highest BCUT2D eigenvalue weighted by molar-refractivity contribution is 8.01. The van der Waals surface area contributed by atoms with Crippen LogP contribution in [0.2, 0.25) is 0 Å². The Morgan fingerprint density at radius 2 is 2.17 bits per heavy atom. The lowest BCUT2D eigenvalue weighted by Crippen LogP contribution is -2.68. The molecule has 12 heteroatoms. The van der Waals surface area contributed by atoms with Crippen molar-refractivity contribution in [1.82, 2.24) is 25.1 Å². The minimum Gasteiger partial charge on any atom is -0.543 e. The number of carbonyl (C=O) groups is 2. The number of β-lactam (4-membered cyclic amide) rings is 1. The highest BCUT2D eigenvalue weighted by Gasteiger charge is 2.52. The van der Waals surface area contributed by atoms with Crippen molar-refractivity contribution in [2.75, 3.05) is 16.8 Å². The van der Waals surface area contributed by atoms with E-state index in [1.807, 2.05) is 24.5 Å². The molecule has 0 unspecified atom stereocenters. The number of anilines is 1. The first kappa shape index (κ1) is 20.7. The molecular weight excluding hydrogens is 426 g/mol. The molecule has 0 saturated carbocycles. The Kier molecular flexibility index (Phi) is 5.69. The number of carbonyl (C=O) groups excluding carboxylic acids is 2. The molecule has 1 amide bonds. The number of carboxylic acid groups (broad SMARTS) is 1. The summed E-state index contributed by atoms with van der Waals surface area (Å²) in [6.45, 7) is 4.17. The summed E-state index contributed by atoms with van der Waals surface area (Å²) < 4.78 is 3.57. The molecule has 2 aromatic heterocycles. The Morgan fingerprint density at radius 1 is 1.43 bits per heavy atom. The average Bonchev–Trinajstić information content (AvgIpc) is 3.14.